The lowest BCUT2D eigenvalue weighted by atomic mass is 10.1. The van der Waals surface area contributed by atoms with Crippen LogP contribution in [0.15, 0.2) is 24.3 Å². The van der Waals surface area contributed by atoms with Gasteiger partial charge in [0.15, 0.2) is 0 Å². The van der Waals surface area contributed by atoms with Crippen LogP contribution in [0.2, 0.25) is 0 Å². The Hall–Kier alpha value is -1.46. The summed E-state index contributed by atoms with van der Waals surface area (Å²) < 4.78 is 13.6. The number of carbonyl (C=O) groups is 1. The molecule has 0 bridgehead atoms. The number of nitrogens with zero attached hydrogens (tertiary/aromatic N) is 2. The van der Waals surface area contributed by atoms with Gasteiger partial charge in [-0.05, 0) is 44.1 Å². The zero-order valence-corrected chi connectivity index (χ0v) is 12.4. The molecule has 116 valence electrons. The summed E-state index contributed by atoms with van der Waals surface area (Å²) in [5.74, 6) is -0.286. The van der Waals surface area contributed by atoms with Gasteiger partial charge in [0.05, 0.1) is 6.42 Å². The topological polar surface area (TPSA) is 49.6 Å². The first-order chi connectivity index (χ1) is 10.2. The van der Waals surface area contributed by atoms with Crippen LogP contribution in [-0.4, -0.2) is 55.0 Å². The summed E-state index contributed by atoms with van der Waals surface area (Å²) in [5.41, 5.74) is 6.01. The Morgan fingerprint density at radius 2 is 2.00 bits per heavy atom. The van der Waals surface area contributed by atoms with Crippen LogP contribution in [0.5, 0.6) is 0 Å². The Balaban J connectivity index is 1.87. The second-order valence-electron chi connectivity index (χ2n) is 5.49. The summed E-state index contributed by atoms with van der Waals surface area (Å²) in [6.45, 7) is 5.05. The predicted octanol–water partition coefficient (Wildman–Crippen LogP) is 1.25. The molecule has 1 heterocycles. The van der Waals surface area contributed by atoms with Crippen LogP contribution >= 0.6 is 0 Å². The smallest absolute Gasteiger partial charge is 0.227 e. The van der Waals surface area contributed by atoms with E-state index < -0.39 is 0 Å². The van der Waals surface area contributed by atoms with Crippen molar-refractivity contribution in [3.8, 4) is 0 Å². The molecule has 0 unspecified atom stereocenters. The molecular weight excluding hydrogens is 269 g/mol. The fourth-order valence-electron chi connectivity index (χ4n) is 2.68. The Bertz CT molecular complexity index is 467. The van der Waals surface area contributed by atoms with Gasteiger partial charge in [0, 0.05) is 19.6 Å². The second kappa shape index (κ2) is 8.10. The van der Waals surface area contributed by atoms with E-state index in [1.165, 1.54) is 6.07 Å². The fraction of sp³-hybridized carbons (Fsp3) is 0.562. The minimum absolute atomic E-state index is 0.0146. The molecule has 0 aromatic heterocycles. The van der Waals surface area contributed by atoms with Crippen LogP contribution in [0.3, 0.4) is 0 Å². The average Bonchev–Trinajstić information content (AvgIpc) is 2.73. The number of hydrogen-bond acceptors (Lipinski definition) is 3. The van der Waals surface area contributed by atoms with Gasteiger partial charge >= 0.3 is 0 Å². The highest BCUT2D eigenvalue weighted by molar-refractivity contribution is 5.78. The molecule has 1 aliphatic heterocycles. The number of amides is 1. The molecule has 1 aromatic carbocycles. The number of benzene rings is 1. The Labute approximate surface area is 125 Å². The van der Waals surface area contributed by atoms with Gasteiger partial charge in [-0.1, -0.05) is 18.2 Å². The van der Waals surface area contributed by atoms with Gasteiger partial charge in [-0.15, -0.1) is 0 Å². The van der Waals surface area contributed by atoms with Crippen LogP contribution in [-0.2, 0) is 11.2 Å². The lowest BCUT2D eigenvalue weighted by Crippen LogP contribution is -2.36. The van der Waals surface area contributed by atoms with Crippen LogP contribution in [0.1, 0.15) is 18.4 Å². The first kappa shape index (κ1) is 15.9. The van der Waals surface area contributed by atoms with Gasteiger partial charge in [-0.25, -0.2) is 4.39 Å². The highest BCUT2D eigenvalue weighted by Crippen LogP contribution is 2.11. The van der Waals surface area contributed by atoms with E-state index in [1.54, 1.807) is 18.2 Å². The number of rotatable bonds is 5. The first-order valence-electron chi connectivity index (χ1n) is 7.64. The molecule has 1 amide bonds. The van der Waals surface area contributed by atoms with E-state index in [2.05, 4.69) is 4.90 Å². The lowest BCUT2D eigenvalue weighted by molar-refractivity contribution is -0.130. The standard InChI is InChI=1S/C16H24FN3O/c17-15-6-2-1-5-14(15)13-16(21)20-10-4-9-19(11-12-20)8-3-7-18/h1-2,5-6H,3-4,7-13,18H2. The van der Waals surface area contributed by atoms with E-state index in [-0.39, 0.29) is 18.1 Å². The lowest BCUT2D eigenvalue weighted by Gasteiger charge is -2.22. The maximum Gasteiger partial charge on any atom is 0.227 e. The van der Waals surface area contributed by atoms with E-state index in [0.717, 1.165) is 45.6 Å². The van der Waals surface area contributed by atoms with Crippen LogP contribution in [0, 0.1) is 5.82 Å². The SMILES string of the molecule is NCCCN1CCCN(C(=O)Cc2ccccc2F)CC1. The fourth-order valence-corrected chi connectivity index (χ4v) is 2.68. The highest BCUT2D eigenvalue weighted by Gasteiger charge is 2.19. The summed E-state index contributed by atoms with van der Waals surface area (Å²) in [5, 5.41) is 0. The van der Waals surface area contributed by atoms with Crippen molar-refractivity contribution in [2.75, 3.05) is 39.3 Å². The molecule has 4 nitrogen and oxygen atoms in total. The molecule has 1 aliphatic rings. The van der Waals surface area contributed by atoms with Gasteiger partial charge < -0.3 is 15.5 Å². The normalized spacial score (nSPS) is 16.8. The summed E-state index contributed by atoms with van der Waals surface area (Å²) >= 11 is 0. The molecular formula is C16H24FN3O. The minimum Gasteiger partial charge on any atom is -0.341 e. The van der Waals surface area contributed by atoms with Gasteiger partial charge in [0.2, 0.25) is 5.91 Å². The molecule has 5 heteroatoms. The van der Waals surface area contributed by atoms with E-state index in [0.29, 0.717) is 12.1 Å². The van der Waals surface area contributed by atoms with Crippen molar-refractivity contribution in [3.63, 3.8) is 0 Å². The van der Waals surface area contributed by atoms with E-state index in [1.807, 2.05) is 4.90 Å². The van der Waals surface area contributed by atoms with Crippen LogP contribution in [0.4, 0.5) is 4.39 Å². The number of carbonyl (C=O) groups excluding carboxylic acids is 1. The molecule has 21 heavy (non-hydrogen) atoms. The van der Waals surface area contributed by atoms with E-state index in [4.69, 9.17) is 5.73 Å². The van der Waals surface area contributed by atoms with Gasteiger partial charge in [-0.3, -0.25) is 4.79 Å². The van der Waals surface area contributed by atoms with Crippen molar-refractivity contribution in [1.82, 2.24) is 9.80 Å². The minimum atomic E-state index is -0.301. The largest absolute Gasteiger partial charge is 0.341 e. The van der Waals surface area contributed by atoms with Crippen molar-refractivity contribution in [1.29, 1.82) is 0 Å². The quantitative estimate of drug-likeness (QED) is 0.889. The Morgan fingerprint density at radius 1 is 1.19 bits per heavy atom. The predicted molar refractivity (Wildman–Crippen MR) is 81.4 cm³/mol. The molecule has 1 fully saturated rings. The summed E-state index contributed by atoms with van der Waals surface area (Å²) in [6.07, 6.45) is 2.10. The molecule has 2 rings (SSSR count). The number of hydrogen-bond donors (Lipinski definition) is 1. The van der Waals surface area contributed by atoms with Crippen molar-refractivity contribution >= 4 is 5.91 Å². The second-order valence-corrected chi connectivity index (χ2v) is 5.49. The third-order valence-corrected chi connectivity index (χ3v) is 3.92. The molecule has 0 atom stereocenters. The maximum atomic E-state index is 13.6. The van der Waals surface area contributed by atoms with Crippen molar-refractivity contribution in [3.05, 3.63) is 35.6 Å². The van der Waals surface area contributed by atoms with Crippen LogP contribution < -0.4 is 5.73 Å². The number of nitrogens with two attached hydrogens (primary N) is 1. The van der Waals surface area contributed by atoms with E-state index in [9.17, 15) is 9.18 Å². The first-order valence-corrected chi connectivity index (χ1v) is 7.64. The third-order valence-electron chi connectivity index (χ3n) is 3.92. The van der Waals surface area contributed by atoms with Crippen molar-refractivity contribution < 1.29 is 9.18 Å². The summed E-state index contributed by atoms with van der Waals surface area (Å²) in [4.78, 5) is 16.5. The van der Waals surface area contributed by atoms with E-state index >= 15 is 0 Å². The zero-order valence-electron chi connectivity index (χ0n) is 12.4. The Morgan fingerprint density at radius 3 is 2.76 bits per heavy atom. The zero-order chi connectivity index (χ0) is 15.1. The number of halogens is 1. The van der Waals surface area contributed by atoms with Crippen molar-refractivity contribution in [2.45, 2.75) is 19.3 Å². The maximum absolute atomic E-state index is 13.6. The highest BCUT2D eigenvalue weighted by atomic mass is 19.1. The van der Waals surface area contributed by atoms with Crippen LogP contribution in [0.25, 0.3) is 0 Å². The average molecular weight is 293 g/mol. The monoisotopic (exact) mass is 293 g/mol. The molecule has 0 radical (unpaired) electrons. The summed E-state index contributed by atoms with van der Waals surface area (Å²) in [7, 11) is 0. The summed E-state index contributed by atoms with van der Waals surface area (Å²) in [6, 6.07) is 6.49. The van der Waals surface area contributed by atoms with Gasteiger partial charge in [-0.2, -0.15) is 0 Å². The molecule has 1 saturated heterocycles. The molecule has 1 aromatic rings. The molecule has 0 saturated carbocycles. The van der Waals surface area contributed by atoms with Gasteiger partial charge in [0.1, 0.15) is 5.82 Å². The molecule has 2 N–H and O–H groups in total. The third kappa shape index (κ3) is 4.79. The molecule has 0 spiro atoms. The Kier molecular flexibility index (Phi) is 6.14. The molecule has 0 aliphatic carbocycles. The van der Waals surface area contributed by atoms with Gasteiger partial charge in [0.25, 0.3) is 0 Å². The van der Waals surface area contributed by atoms with Crippen molar-refractivity contribution in [2.24, 2.45) is 5.73 Å².